The van der Waals surface area contributed by atoms with E-state index in [1.807, 2.05) is 0 Å². The molecular formula is C19H23N3O2. The standard InChI is InChI=1S/C19H23N3O2/c1-3-24-19(23)16-7-9-18(21-13-16)20-12-14-6-8-17-15(11-14)5-4-10-22(17)2/h6-9,11,13H,3-5,10,12H2,1-2H3,(H,20,21). The molecule has 0 saturated carbocycles. The summed E-state index contributed by atoms with van der Waals surface area (Å²) in [5.41, 5.74) is 4.45. The third kappa shape index (κ3) is 3.67. The minimum absolute atomic E-state index is 0.338. The van der Waals surface area contributed by atoms with Gasteiger partial charge in [-0.1, -0.05) is 12.1 Å². The summed E-state index contributed by atoms with van der Waals surface area (Å²) in [6.45, 7) is 3.99. The van der Waals surface area contributed by atoms with Gasteiger partial charge in [-0.05, 0) is 49.1 Å². The van der Waals surface area contributed by atoms with E-state index in [9.17, 15) is 4.79 Å². The molecule has 5 nitrogen and oxygen atoms in total. The van der Waals surface area contributed by atoms with E-state index < -0.39 is 0 Å². The molecule has 2 aromatic rings. The third-order valence-electron chi connectivity index (χ3n) is 4.24. The summed E-state index contributed by atoms with van der Waals surface area (Å²) < 4.78 is 4.96. The fraction of sp³-hybridized carbons (Fsp3) is 0.368. The number of pyridine rings is 1. The number of carbonyl (C=O) groups is 1. The van der Waals surface area contributed by atoms with Crippen LogP contribution in [0.4, 0.5) is 11.5 Å². The van der Waals surface area contributed by atoms with Crippen molar-refractivity contribution in [2.24, 2.45) is 0 Å². The molecule has 1 N–H and O–H groups in total. The summed E-state index contributed by atoms with van der Waals surface area (Å²) >= 11 is 0. The monoisotopic (exact) mass is 325 g/mol. The predicted octanol–water partition coefficient (Wildman–Crippen LogP) is 3.25. The molecule has 126 valence electrons. The van der Waals surface area contributed by atoms with Crippen LogP contribution in [0, 0.1) is 0 Å². The zero-order valence-corrected chi connectivity index (χ0v) is 14.2. The lowest BCUT2D eigenvalue weighted by molar-refractivity contribution is 0.0526. The fourth-order valence-corrected chi connectivity index (χ4v) is 2.97. The van der Waals surface area contributed by atoms with Crippen molar-refractivity contribution in [1.82, 2.24) is 4.98 Å². The van der Waals surface area contributed by atoms with Crippen LogP contribution in [0.25, 0.3) is 0 Å². The second kappa shape index (κ2) is 7.34. The number of benzene rings is 1. The van der Waals surface area contributed by atoms with Gasteiger partial charge in [0.05, 0.1) is 12.2 Å². The van der Waals surface area contributed by atoms with Crippen molar-refractivity contribution in [3.8, 4) is 0 Å². The van der Waals surface area contributed by atoms with Crippen molar-refractivity contribution < 1.29 is 9.53 Å². The maximum absolute atomic E-state index is 11.6. The van der Waals surface area contributed by atoms with Crippen LogP contribution in [0.1, 0.15) is 34.8 Å². The molecule has 0 atom stereocenters. The summed E-state index contributed by atoms with van der Waals surface area (Å²) in [4.78, 5) is 18.2. The quantitative estimate of drug-likeness (QED) is 0.855. The molecule has 24 heavy (non-hydrogen) atoms. The highest BCUT2D eigenvalue weighted by molar-refractivity contribution is 5.89. The van der Waals surface area contributed by atoms with Crippen LogP contribution in [-0.2, 0) is 17.7 Å². The second-order valence-corrected chi connectivity index (χ2v) is 5.99. The number of anilines is 2. The van der Waals surface area contributed by atoms with Crippen molar-refractivity contribution in [3.05, 3.63) is 53.2 Å². The van der Waals surface area contributed by atoms with Crippen LogP contribution in [0.15, 0.2) is 36.5 Å². The lowest BCUT2D eigenvalue weighted by atomic mass is 9.99. The lowest BCUT2D eigenvalue weighted by Gasteiger charge is -2.27. The van der Waals surface area contributed by atoms with Gasteiger partial charge in [0.1, 0.15) is 5.82 Å². The van der Waals surface area contributed by atoms with Gasteiger partial charge in [0.15, 0.2) is 0 Å². The van der Waals surface area contributed by atoms with E-state index in [2.05, 4.69) is 40.4 Å². The number of rotatable bonds is 5. The van der Waals surface area contributed by atoms with E-state index >= 15 is 0 Å². The Balaban J connectivity index is 1.62. The van der Waals surface area contributed by atoms with Crippen molar-refractivity contribution in [2.75, 3.05) is 30.4 Å². The van der Waals surface area contributed by atoms with Crippen LogP contribution >= 0.6 is 0 Å². The zero-order valence-electron chi connectivity index (χ0n) is 14.2. The number of nitrogens with one attached hydrogen (secondary N) is 1. The first-order valence-electron chi connectivity index (χ1n) is 8.37. The van der Waals surface area contributed by atoms with E-state index in [4.69, 9.17) is 4.74 Å². The summed E-state index contributed by atoms with van der Waals surface area (Å²) in [5.74, 6) is 0.410. The lowest BCUT2D eigenvalue weighted by Crippen LogP contribution is -2.24. The summed E-state index contributed by atoms with van der Waals surface area (Å²) in [6, 6.07) is 10.2. The van der Waals surface area contributed by atoms with E-state index in [0.717, 1.165) is 18.8 Å². The Morgan fingerprint density at radius 3 is 2.96 bits per heavy atom. The number of carbonyl (C=O) groups excluding carboxylic acids is 1. The van der Waals surface area contributed by atoms with Crippen LogP contribution in [0.3, 0.4) is 0 Å². The third-order valence-corrected chi connectivity index (χ3v) is 4.24. The second-order valence-electron chi connectivity index (χ2n) is 5.99. The number of aryl methyl sites for hydroxylation is 1. The summed E-state index contributed by atoms with van der Waals surface area (Å²) in [6.07, 6.45) is 3.89. The Labute approximate surface area is 142 Å². The molecule has 1 aromatic carbocycles. The normalized spacial score (nSPS) is 13.3. The summed E-state index contributed by atoms with van der Waals surface area (Å²) in [5, 5.41) is 3.30. The average Bonchev–Trinajstić information content (AvgIpc) is 2.61. The van der Waals surface area contributed by atoms with E-state index in [1.54, 1.807) is 25.3 Å². The molecule has 0 radical (unpaired) electrons. The smallest absolute Gasteiger partial charge is 0.339 e. The van der Waals surface area contributed by atoms with Gasteiger partial charge >= 0.3 is 5.97 Å². The highest BCUT2D eigenvalue weighted by Crippen LogP contribution is 2.27. The Bertz CT molecular complexity index is 713. The van der Waals surface area contributed by atoms with Gasteiger partial charge in [-0.15, -0.1) is 0 Å². The largest absolute Gasteiger partial charge is 0.462 e. The fourth-order valence-electron chi connectivity index (χ4n) is 2.97. The van der Waals surface area contributed by atoms with Crippen molar-refractivity contribution in [3.63, 3.8) is 0 Å². The van der Waals surface area contributed by atoms with Crippen LogP contribution in [0.5, 0.6) is 0 Å². The van der Waals surface area contributed by atoms with Crippen LogP contribution in [0.2, 0.25) is 0 Å². The molecular weight excluding hydrogens is 302 g/mol. The number of ether oxygens (including phenoxy) is 1. The number of esters is 1. The molecule has 0 spiro atoms. The zero-order chi connectivity index (χ0) is 16.9. The Morgan fingerprint density at radius 1 is 1.33 bits per heavy atom. The first kappa shape index (κ1) is 16.3. The van der Waals surface area contributed by atoms with Gasteiger partial charge in [-0.2, -0.15) is 0 Å². The Morgan fingerprint density at radius 2 is 2.21 bits per heavy atom. The van der Waals surface area contributed by atoms with Gasteiger partial charge in [0.2, 0.25) is 0 Å². The van der Waals surface area contributed by atoms with Gasteiger partial charge in [-0.3, -0.25) is 0 Å². The van der Waals surface area contributed by atoms with Crippen LogP contribution < -0.4 is 10.2 Å². The van der Waals surface area contributed by atoms with E-state index in [-0.39, 0.29) is 5.97 Å². The molecule has 1 aliphatic rings. The summed E-state index contributed by atoms with van der Waals surface area (Å²) in [7, 11) is 2.14. The minimum atomic E-state index is -0.338. The minimum Gasteiger partial charge on any atom is -0.462 e. The number of aromatic nitrogens is 1. The van der Waals surface area contributed by atoms with Gasteiger partial charge in [0.25, 0.3) is 0 Å². The first-order chi connectivity index (χ1) is 11.7. The number of hydrogen-bond donors (Lipinski definition) is 1. The Kier molecular flexibility index (Phi) is 4.99. The molecule has 0 aliphatic carbocycles. The highest BCUT2D eigenvalue weighted by Gasteiger charge is 2.13. The Hall–Kier alpha value is -2.56. The maximum Gasteiger partial charge on any atom is 0.339 e. The highest BCUT2D eigenvalue weighted by atomic mass is 16.5. The molecule has 0 bridgehead atoms. The number of fused-ring (bicyclic) bond motifs is 1. The van der Waals surface area contributed by atoms with Crippen molar-refractivity contribution in [2.45, 2.75) is 26.3 Å². The molecule has 0 fully saturated rings. The van der Waals surface area contributed by atoms with E-state index in [0.29, 0.717) is 18.7 Å². The molecule has 0 unspecified atom stereocenters. The van der Waals surface area contributed by atoms with Gasteiger partial charge < -0.3 is 15.0 Å². The van der Waals surface area contributed by atoms with Gasteiger partial charge in [0, 0.05) is 32.0 Å². The number of hydrogen-bond acceptors (Lipinski definition) is 5. The molecule has 0 saturated heterocycles. The predicted molar refractivity (Wildman–Crippen MR) is 95.6 cm³/mol. The van der Waals surface area contributed by atoms with Gasteiger partial charge in [-0.25, -0.2) is 9.78 Å². The van der Waals surface area contributed by atoms with Crippen molar-refractivity contribution >= 4 is 17.5 Å². The van der Waals surface area contributed by atoms with Crippen LogP contribution in [-0.4, -0.2) is 31.2 Å². The molecule has 2 heterocycles. The molecule has 5 heteroatoms. The SMILES string of the molecule is CCOC(=O)c1ccc(NCc2ccc3c(c2)CCCN3C)nc1. The first-order valence-corrected chi connectivity index (χ1v) is 8.37. The average molecular weight is 325 g/mol. The molecule has 1 aromatic heterocycles. The maximum atomic E-state index is 11.6. The van der Waals surface area contributed by atoms with Crippen molar-refractivity contribution in [1.29, 1.82) is 0 Å². The topological polar surface area (TPSA) is 54.5 Å². The molecule has 1 aliphatic heterocycles. The molecule has 0 amide bonds. The molecule has 3 rings (SSSR count). The number of nitrogens with zero attached hydrogens (tertiary/aromatic N) is 2. The van der Waals surface area contributed by atoms with E-state index in [1.165, 1.54) is 23.2 Å².